The van der Waals surface area contributed by atoms with E-state index in [1.807, 2.05) is 20.8 Å². The average Bonchev–Trinajstić information content (AvgIpc) is 2.66. The summed E-state index contributed by atoms with van der Waals surface area (Å²) in [5, 5.41) is 2.36. The Morgan fingerprint density at radius 3 is 2.34 bits per heavy atom. The number of aromatic nitrogens is 1. The van der Waals surface area contributed by atoms with Crippen molar-refractivity contribution in [3.8, 4) is 0 Å². The smallest absolute Gasteiger partial charge is 0.410 e. The van der Waals surface area contributed by atoms with E-state index in [1.54, 1.807) is 17.0 Å². The van der Waals surface area contributed by atoms with Gasteiger partial charge < -0.3 is 15.0 Å². The first-order valence-corrected chi connectivity index (χ1v) is 10.4. The lowest BCUT2D eigenvalue weighted by Gasteiger charge is -2.33. The van der Waals surface area contributed by atoms with Gasteiger partial charge in [0.25, 0.3) is 5.91 Å². The summed E-state index contributed by atoms with van der Waals surface area (Å²) < 4.78 is 46.1. The normalized spacial score (nSPS) is 14.9. The molecule has 0 saturated carbocycles. The Kier molecular flexibility index (Phi) is 7.06. The second kappa shape index (κ2) is 9.58. The van der Waals surface area contributed by atoms with Gasteiger partial charge in [0, 0.05) is 30.9 Å². The number of pyridine rings is 1. The van der Waals surface area contributed by atoms with Gasteiger partial charge in [-0.1, -0.05) is 6.07 Å². The molecule has 0 radical (unpaired) electrons. The van der Waals surface area contributed by atoms with Crippen molar-refractivity contribution in [3.63, 3.8) is 0 Å². The van der Waals surface area contributed by atoms with Crippen LogP contribution >= 0.6 is 0 Å². The Labute approximate surface area is 184 Å². The number of carbonyl (C=O) groups is 2. The summed E-state index contributed by atoms with van der Waals surface area (Å²) in [6.45, 7) is 6.65. The van der Waals surface area contributed by atoms with Gasteiger partial charge in [-0.15, -0.1) is 0 Å². The summed E-state index contributed by atoms with van der Waals surface area (Å²) in [4.78, 5) is 30.5. The van der Waals surface area contributed by atoms with Gasteiger partial charge in [0.05, 0.1) is 0 Å². The molecule has 6 nitrogen and oxygen atoms in total. The van der Waals surface area contributed by atoms with Crippen LogP contribution in [0, 0.1) is 23.4 Å². The maximum absolute atomic E-state index is 13.8. The predicted octanol–water partition coefficient (Wildman–Crippen LogP) is 4.94. The fourth-order valence-electron chi connectivity index (χ4n) is 3.54. The van der Waals surface area contributed by atoms with Crippen LogP contribution < -0.4 is 5.32 Å². The summed E-state index contributed by atoms with van der Waals surface area (Å²) in [6, 6.07) is 5.89. The molecule has 9 heteroatoms. The fraction of sp³-hybridized carbons (Fsp3) is 0.435. The van der Waals surface area contributed by atoms with Crippen molar-refractivity contribution in [3.05, 3.63) is 59.0 Å². The number of amides is 2. The number of nitrogens with zero attached hydrogens (tertiary/aromatic N) is 2. The molecule has 1 fully saturated rings. The highest BCUT2D eigenvalue weighted by Gasteiger charge is 2.27. The Morgan fingerprint density at radius 1 is 1.12 bits per heavy atom. The molecule has 1 aliphatic heterocycles. The van der Waals surface area contributed by atoms with Gasteiger partial charge in [0.1, 0.15) is 34.4 Å². The molecular weight excluding hydrogens is 423 g/mol. The highest BCUT2D eigenvalue weighted by Crippen LogP contribution is 2.23. The van der Waals surface area contributed by atoms with E-state index in [4.69, 9.17) is 4.74 Å². The molecule has 1 N–H and O–H groups in total. The first-order chi connectivity index (χ1) is 15.0. The van der Waals surface area contributed by atoms with Gasteiger partial charge in [-0.05, 0) is 58.1 Å². The minimum absolute atomic E-state index is 0.141. The number of piperidine rings is 1. The van der Waals surface area contributed by atoms with Crippen molar-refractivity contribution in [1.82, 2.24) is 9.88 Å². The number of benzene rings is 1. The van der Waals surface area contributed by atoms with E-state index in [-0.39, 0.29) is 11.9 Å². The molecule has 0 spiro atoms. The molecule has 0 bridgehead atoms. The third-order valence-electron chi connectivity index (χ3n) is 5.05. The van der Waals surface area contributed by atoms with E-state index >= 15 is 0 Å². The first-order valence-electron chi connectivity index (χ1n) is 10.4. The van der Waals surface area contributed by atoms with E-state index in [0.29, 0.717) is 43.3 Å². The highest BCUT2D eigenvalue weighted by atomic mass is 19.1. The van der Waals surface area contributed by atoms with Crippen LogP contribution in [0.1, 0.15) is 49.7 Å². The second-order valence-corrected chi connectivity index (χ2v) is 8.83. The van der Waals surface area contributed by atoms with Crippen LogP contribution in [0.2, 0.25) is 0 Å². The van der Waals surface area contributed by atoms with E-state index in [9.17, 15) is 22.8 Å². The topological polar surface area (TPSA) is 71.5 Å². The monoisotopic (exact) mass is 449 g/mol. The Bertz CT molecular complexity index is 976. The van der Waals surface area contributed by atoms with Gasteiger partial charge in [-0.2, -0.15) is 0 Å². The summed E-state index contributed by atoms with van der Waals surface area (Å²) in [5.41, 5.74) is -0.700. The number of carbonyl (C=O) groups excluding carboxylic acids is 2. The summed E-state index contributed by atoms with van der Waals surface area (Å²) in [5.74, 6) is -4.29. The molecule has 32 heavy (non-hydrogen) atoms. The Balaban J connectivity index is 1.58. The quantitative estimate of drug-likeness (QED) is 0.718. The lowest BCUT2D eigenvalue weighted by atomic mass is 9.92. The lowest BCUT2D eigenvalue weighted by molar-refractivity contribution is 0.0184. The number of rotatable bonds is 4. The van der Waals surface area contributed by atoms with Gasteiger partial charge in [-0.25, -0.2) is 22.9 Å². The zero-order chi connectivity index (χ0) is 23.5. The molecular formula is C23H26F3N3O3. The van der Waals surface area contributed by atoms with Crippen LogP contribution in [-0.4, -0.2) is 40.6 Å². The molecule has 1 aliphatic rings. The lowest BCUT2D eigenvalue weighted by Crippen LogP contribution is -2.42. The van der Waals surface area contributed by atoms with Gasteiger partial charge in [0.2, 0.25) is 0 Å². The van der Waals surface area contributed by atoms with Crippen molar-refractivity contribution in [2.75, 3.05) is 18.4 Å². The Morgan fingerprint density at radius 2 is 1.75 bits per heavy atom. The van der Waals surface area contributed by atoms with E-state index in [1.165, 1.54) is 6.07 Å². The molecule has 0 aliphatic carbocycles. The van der Waals surface area contributed by atoms with E-state index < -0.39 is 34.5 Å². The molecule has 0 atom stereocenters. The van der Waals surface area contributed by atoms with Crippen molar-refractivity contribution in [1.29, 1.82) is 0 Å². The number of halogens is 3. The minimum Gasteiger partial charge on any atom is -0.444 e. The van der Waals surface area contributed by atoms with Crippen molar-refractivity contribution < 1.29 is 27.5 Å². The summed E-state index contributed by atoms with van der Waals surface area (Å²) >= 11 is 0. The summed E-state index contributed by atoms with van der Waals surface area (Å²) in [6.07, 6.45) is 1.87. The maximum atomic E-state index is 13.8. The van der Waals surface area contributed by atoms with Crippen molar-refractivity contribution >= 4 is 17.8 Å². The maximum Gasteiger partial charge on any atom is 0.410 e. The van der Waals surface area contributed by atoms with Crippen molar-refractivity contribution in [2.24, 2.45) is 5.92 Å². The minimum atomic E-state index is -1.28. The molecule has 0 unspecified atom stereocenters. The zero-order valence-corrected chi connectivity index (χ0v) is 18.3. The number of likely N-dealkylation sites (tertiary alicyclic amines) is 1. The number of ether oxygens (including phenoxy) is 1. The molecule has 2 heterocycles. The fourth-order valence-corrected chi connectivity index (χ4v) is 3.54. The van der Waals surface area contributed by atoms with Gasteiger partial charge in [0.15, 0.2) is 0 Å². The molecule has 1 aromatic heterocycles. The molecule has 2 aromatic rings. The second-order valence-electron chi connectivity index (χ2n) is 8.83. The van der Waals surface area contributed by atoms with Gasteiger partial charge >= 0.3 is 6.09 Å². The van der Waals surface area contributed by atoms with E-state index in [2.05, 4.69) is 10.3 Å². The van der Waals surface area contributed by atoms with Crippen LogP contribution in [0.5, 0.6) is 0 Å². The number of nitrogens with one attached hydrogen (secondary N) is 1. The SMILES string of the molecule is CC(C)(C)OC(=O)N1CCC(Cc2cccc(NC(=O)c3c(F)cc(F)cc3F)n2)CC1. The molecule has 2 amide bonds. The molecule has 1 saturated heterocycles. The summed E-state index contributed by atoms with van der Waals surface area (Å²) in [7, 11) is 0. The third-order valence-corrected chi connectivity index (χ3v) is 5.05. The largest absolute Gasteiger partial charge is 0.444 e. The molecule has 172 valence electrons. The molecule has 3 rings (SSSR count). The van der Waals surface area contributed by atoms with E-state index in [0.717, 1.165) is 12.8 Å². The van der Waals surface area contributed by atoms with Crippen LogP contribution in [0.3, 0.4) is 0 Å². The number of anilines is 1. The molecule has 1 aromatic carbocycles. The Hall–Kier alpha value is -3.10. The highest BCUT2D eigenvalue weighted by molar-refractivity contribution is 6.04. The van der Waals surface area contributed by atoms with Crippen molar-refractivity contribution in [2.45, 2.75) is 45.6 Å². The number of hydrogen-bond acceptors (Lipinski definition) is 4. The average molecular weight is 449 g/mol. The van der Waals surface area contributed by atoms with Crippen LogP contribution in [-0.2, 0) is 11.2 Å². The first kappa shape index (κ1) is 23.6. The number of hydrogen-bond donors (Lipinski definition) is 1. The van der Waals surface area contributed by atoms with Crippen LogP contribution in [0.4, 0.5) is 23.8 Å². The third kappa shape index (κ3) is 6.21. The van der Waals surface area contributed by atoms with Crippen LogP contribution in [0.25, 0.3) is 0 Å². The van der Waals surface area contributed by atoms with Crippen LogP contribution in [0.15, 0.2) is 30.3 Å². The standard InChI is InChI=1S/C23H26F3N3O3/c1-23(2,3)32-22(31)29-9-7-14(8-10-29)11-16-5-4-6-19(27-16)28-21(30)20-17(25)12-15(24)13-18(20)26/h4-6,12-14H,7-11H2,1-3H3,(H,27,28,30). The van der Waals surface area contributed by atoms with Gasteiger partial charge in [-0.3, -0.25) is 4.79 Å². The zero-order valence-electron chi connectivity index (χ0n) is 18.3. The predicted molar refractivity (Wildman–Crippen MR) is 113 cm³/mol.